The number of nitrogens with two attached hydrogens (primary N) is 2. The number of aromatic nitrogens is 1. The zero-order valence-electron chi connectivity index (χ0n) is 7.91. The van der Waals surface area contributed by atoms with Crippen LogP contribution in [-0.4, -0.2) is 17.6 Å². The molecule has 1 aromatic rings. The van der Waals surface area contributed by atoms with Crippen molar-refractivity contribution in [3.05, 3.63) is 17.5 Å². The second-order valence-corrected chi connectivity index (χ2v) is 2.78. The highest BCUT2D eigenvalue weighted by atomic mass is 19.4. The molecule has 0 atom stereocenters. The van der Waals surface area contributed by atoms with E-state index in [1.807, 2.05) is 0 Å². The molecule has 16 heavy (non-hydrogen) atoms. The van der Waals surface area contributed by atoms with Crippen molar-refractivity contribution in [3.63, 3.8) is 0 Å². The number of pyridine rings is 1. The van der Waals surface area contributed by atoms with E-state index < -0.39 is 17.8 Å². The molecule has 0 bridgehead atoms. The number of carbonyl (C=O) groups is 1. The Morgan fingerprint density at radius 3 is 2.56 bits per heavy atom. The molecule has 0 saturated carbocycles. The number of ether oxygens (including phenoxy) is 1. The van der Waals surface area contributed by atoms with Gasteiger partial charge in [0, 0.05) is 12.6 Å². The van der Waals surface area contributed by atoms with Gasteiger partial charge < -0.3 is 16.2 Å². The Labute approximate surface area is 88.2 Å². The average Bonchev–Trinajstić information content (AvgIpc) is 2.16. The summed E-state index contributed by atoms with van der Waals surface area (Å²) >= 11 is 0. The number of nitrogens with zero attached hydrogens (tertiary/aromatic N) is 1. The standard InChI is InChI=1S/C8H8F3N3O2/c9-8(10,11)16-7-1-4(13)5(2-12)14-6(7)3-15/h1,3H,2,12-13H2. The van der Waals surface area contributed by atoms with E-state index in [-0.39, 0.29) is 24.2 Å². The fourth-order valence-corrected chi connectivity index (χ4v) is 1.02. The number of anilines is 1. The van der Waals surface area contributed by atoms with Crippen LogP contribution < -0.4 is 16.2 Å². The fraction of sp³-hybridized carbons (Fsp3) is 0.250. The van der Waals surface area contributed by atoms with E-state index in [0.717, 1.165) is 6.07 Å². The van der Waals surface area contributed by atoms with Gasteiger partial charge in [-0.25, -0.2) is 4.98 Å². The Balaban J connectivity index is 3.18. The molecule has 0 aromatic carbocycles. The third kappa shape index (κ3) is 2.83. The molecule has 0 aliphatic heterocycles. The number of rotatable bonds is 3. The number of aldehydes is 1. The lowest BCUT2D eigenvalue weighted by molar-refractivity contribution is -0.274. The monoisotopic (exact) mass is 235 g/mol. The van der Waals surface area contributed by atoms with Crippen molar-refractivity contribution in [2.75, 3.05) is 5.73 Å². The van der Waals surface area contributed by atoms with Crippen LogP contribution >= 0.6 is 0 Å². The highest BCUT2D eigenvalue weighted by Gasteiger charge is 2.32. The first kappa shape index (κ1) is 12.2. The summed E-state index contributed by atoms with van der Waals surface area (Å²) in [5, 5.41) is 0. The normalized spacial score (nSPS) is 11.2. The first-order valence-corrected chi connectivity index (χ1v) is 4.07. The van der Waals surface area contributed by atoms with Gasteiger partial charge >= 0.3 is 6.36 Å². The molecule has 1 rings (SSSR count). The quantitative estimate of drug-likeness (QED) is 0.757. The molecule has 0 unspecified atom stereocenters. The minimum absolute atomic E-state index is 0.0626. The summed E-state index contributed by atoms with van der Waals surface area (Å²) in [6.07, 6.45) is -4.77. The van der Waals surface area contributed by atoms with Crippen LogP contribution in [0.4, 0.5) is 18.9 Å². The minimum Gasteiger partial charge on any atom is -0.403 e. The van der Waals surface area contributed by atoms with Crippen LogP contribution in [0, 0.1) is 0 Å². The van der Waals surface area contributed by atoms with Crippen molar-refractivity contribution in [2.24, 2.45) is 5.73 Å². The molecule has 0 fully saturated rings. The SMILES string of the molecule is NCc1nc(C=O)c(OC(F)(F)F)cc1N. The second-order valence-electron chi connectivity index (χ2n) is 2.78. The Bertz CT molecular complexity index is 406. The molecule has 4 N–H and O–H groups in total. The number of alkyl halides is 3. The molecule has 0 amide bonds. The maximum absolute atomic E-state index is 11.9. The number of carbonyl (C=O) groups excluding carboxylic acids is 1. The van der Waals surface area contributed by atoms with Crippen LogP contribution in [0.2, 0.25) is 0 Å². The van der Waals surface area contributed by atoms with Crippen LogP contribution in [0.25, 0.3) is 0 Å². The topological polar surface area (TPSA) is 91.2 Å². The Hall–Kier alpha value is -1.83. The first-order chi connectivity index (χ1) is 7.37. The van der Waals surface area contributed by atoms with Crippen molar-refractivity contribution >= 4 is 12.0 Å². The number of hydrogen-bond donors (Lipinski definition) is 2. The van der Waals surface area contributed by atoms with Gasteiger partial charge in [0.05, 0.1) is 11.4 Å². The zero-order chi connectivity index (χ0) is 12.3. The first-order valence-electron chi connectivity index (χ1n) is 4.07. The lowest BCUT2D eigenvalue weighted by Gasteiger charge is -2.12. The molecule has 88 valence electrons. The van der Waals surface area contributed by atoms with E-state index in [0.29, 0.717) is 0 Å². The molecule has 0 radical (unpaired) electrons. The van der Waals surface area contributed by atoms with Gasteiger partial charge in [0.15, 0.2) is 12.0 Å². The maximum atomic E-state index is 11.9. The second kappa shape index (κ2) is 4.35. The summed E-state index contributed by atoms with van der Waals surface area (Å²) in [6.45, 7) is -0.0844. The van der Waals surface area contributed by atoms with E-state index in [9.17, 15) is 18.0 Å². The van der Waals surface area contributed by atoms with E-state index in [1.54, 1.807) is 0 Å². The molecule has 8 heteroatoms. The van der Waals surface area contributed by atoms with Gasteiger partial charge in [-0.05, 0) is 0 Å². The van der Waals surface area contributed by atoms with Crippen molar-refractivity contribution in [2.45, 2.75) is 12.9 Å². The third-order valence-corrected chi connectivity index (χ3v) is 1.66. The summed E-state index contributed by atoms with van der Waals surface area (Å²) in [7, 11) is 0. The summed E-state index contributed by atoms with van der Waals surface area (Å²) in [6, 6.07) is 0.867. The minimum atomic E-state index is -4.91. The molecule has 0 spiro atoms. The Morgan fingerprint density at radius 1 is 1.50 bits per heavy atom. The Kier molecular flexibility index (Phi) is 3.33. The van der Waals surface area contributed by atoms with Gasteiger partial charge in [0.2, 0.25) is 0 Å². The van der Waals surface area contributed by atoms with Crippen molar-refractivity contribution in [1.29, 1.82) is 0 Å². The van der Waals surface area contributed by atoms with Gasteiger partial charge in [0.25, 0.3) is 0 Å². The fourth-order valence-electron chi connectivity index (χ4n) is 1.02. The highest BCUT2D eigenvalue weighted by molar-refractivity contribution is 5.77. The largest absolute Gasteiger partial charge is 0.573 e. The van der Waals surface area contributed by atoms with Crippen molar-refractivity contribution < 1.29 is 22.7 Å². The van der Waals surface area contributed by atoms with E-state index in [2.05, 4.69) is 9.72 Å². The van der Waals surface area contributed by atoms with Crippen LogP contribution in [0.1, 0.15) is 16.2 Å². The van der Waals surface area contributed by atoms with Crippen LogP contribution in [0.5, 0.6) is 5.75 Å². The van der Waals surface area contributed by atoms with Crippen LogP contribution in [0.3, 0.4) is 0 Å². The van der Waals surface area contributed by atoms with Gasteiger partial charge in [-0.1, -0.05) is 0 Å². The summed E-state index contributed by atoms with van der Waals surface area (Å²) in [5.74, 6) is -0.739. The van der Waals surface area contributed by atoms with Crippen molar-refractivity contribution in [3.8, 4) is 5.75 Å². The maximum Gasteiger partial charge on any atom is 0.573 e. The van der Waals surface area contributed by atoms with Gasteiger partial charge in [0.1, 0.15) is 5.69 Å². The van der Waals surface area contributed by atoms with E-state index >= 15 is 0 Å². The van der Waals surface area contributed by atoms with E-state index in [4.69, 9.17) is 11.5 Å². The number of hydrogen-bond acceptors (Lipinski definition) is 5. The van der Waals surface area contributed by atoms with Crippen molar-refractivity contribution in [1.82, 2.24) is 4.98 Å². The number of halogens is 3. The predicted molar refractivity (Wildman–Crippen MR) is 48.6 cm³/mol. The molecule has 1 heterocycles. The van der Waals surface area contributed by atoms with Crippen LogP contribution in [0.15, 0.2) is 6.07 Å². The molecule has 0 aliphatic rings. The van der Waals surface area contributed by atoms with E-state index in [1.165, 1.54) is 0 Å². The smallest absolute Gasteiger partial charge is 0.403 e. The lowest BCUT2D eigenvalue weighted by Crippen LogP contribution is -2.19. The molecule has 1 aromatic heterocycles. The molecular formula is C8H8F3N3O2. The van der Waals surface area contributed by atoms with Crippen LogP contribution in [-0.2, 0) is 6.54 Å². The van der Waals surface area contributed by atoms with Gasteiger partial charge in [-0.15, -0.1) is 13.2 Å². The number of nitrogen functional groups attached to an aromatic ring is 1. The molecule has 0 aliphatic carbocycles. The van der Waals surface area contributed by atoms with Gasteiger partial charge in [-0.2, -0.15) is 0 Å². The predicted octanol–water partition coefficient (Wildman–Crippen LogP) is 0.834. The summed E-state index contributed by atoms with van der Waals surface area (Å²) in [4.78, 5) is 14.1. The average molecular weight is 235 g/mol. The van der Waals surface area contributed by atoms with Gasteiger partial charge in [-0.3, -0.25) is 4.79 Å². The summed E-state index contributed by atoms with van der Waals surface area (Å²) in [5.41, 5.74) is 10.2. The molecular weight excluding hydrogens is 227 g/mol. The Morgan fingerprint density at radius 2 is 2.12 bits per heavy atom. The lowest BCUT2D eigenvalue weighted by atomic mass is 10.2. The molecule has 5 nitrogen and oxygen atoms in total. The zero-order valence-corrected chi connectivity index (χ0v) is 7.91. The molecule has 0 saturated heterocycles. The summed E-state index contributed by atoms with van der Waals surface area (Å²) < 4.78 is 39.4. The highest BCUT2D eigenvalue weighted by Crippen LogP contribution is 2.27. The third-order valence-electron chi connectivity index (χ3n) is 1.66.